The quantitative estimate of drug-likeness (QED) is 0.658. The van der Waals surface area contributed by atoms with Gasteiger partial charge in [-0.3, -0.25) is 19.0 Å². The summed E-state index contributed by atoms with van der Waals surface area (Å²) in [6.07, 6.45) is 0.105. The molecule has 9 heteroatoms. The normalized spacial score (nSPS) is 16.2. The van der Waals surface area contributed by atoms with E-state index in [0.29, 0.717) is 22.1 Å². The minimum atomic E-state index is -0.509. The maximum Gasteiger partial charge on any atom is 0.261 e. The highest BCUT2D eigenvalue weighted by molar-refractivity contribution is 6.31. The molecule has 31 heavy (non-hydrogen) atoms. The van der Waals surface area contributed by atoms with Crippen LogP contribution in [0, 0.1) is 18.7 Å². The summed E-state index contributed by atoms with van der Waals surface area (Å²) in [4.78, 5) is 43.5. The third kappa shape index (κ3) is 4.29. The minimum absolute atomic E-state index is 0.105. The first kappa shape index (κ1) is 21.0. The average Bonchev–Trinajstić information content (AvgIpc) is 3.13. The van der Waals surface area contributed by atoms with Crippen LogP contribution in [0.4, 0.5) is 10.1 Å². The zero-order valence-electron chi connectivity index (χ0n) is 16.8. The lowest BCUT2D eigenvalue weighted by molar-refractivity contribution is -0.126. The van der Waals surface area contributed by atoms with Crippen LogP contribution in [-0.4, -0.2) is 34.5 Å². The number of nitrogens with zero attached hydrogens (tertiary/aromatic N) is 3. The minimum Gasteiger partial charge on any atom is -0.354 e. The number of hydrogen-bond acceptors (Lipinski definition) is 4. The monoisotopic (exact) mass is 442 g/mol. The van der Waals surface area contributed by atoms with Crippen LogP contribution < -0.4 is 15.8 Å². The predicted molar refractivity (Wildman–Crippen MR) is 116 cm³/mol. The Morgan fingerprint density at radius 1 is 1.26 bits per heavy atom. The molecule has 1 saturated heterocycles. The topological polar surface area (TPSA) is 84.3 Å². The van der Waals surface area contributed by atoms with Crippen LogP contribution in [0.2, 0.25) is 5.02 Å². The highest BCUT2D eigenvalue weighted by Gasteiger charge is 2.35. The number of anilines is 1. The standard InChI is InChI=1S/C22H20ClFN4O3/c1-13-26-19-6-5-16(24)11-18(19)22(31)27(13)8-7-25-21(30)14-9-20(29)28(12-14)17-4-2-3-15(23)10-17/h2-6,10-11,14H,7-9,12H2,1H3,(H,25,30)/t14-/m0/s1. The fourth-order valence-electron chi connectivity index (χ4n) is 3.78. The van der Waals surface area contributed by atoms with Gasteiger partial charge in [-0.05, 0) is 43.3 Å². The highest BCUT2D eigenvalue weighted by Crippen LogP contribution is 2.27. The number of aromatic nitrogens is 2. The number of hydrogen-bond donors (Lipinski definition) is 1. The van der Waals surface area contributed by atoms with Crippen molar-refractivity contribution in [2.24, 2.45) is 5.92 Å². The fraction of sp³-hybridized carbons (Fsp3) is 0.273. The van der Waals surface area contributed by atoms with Crippen molar-refractivity contribution in [3.63, 3.8) is 0 Å². The van der Waals surface area contributed by atoms with Gasteiger partial charge in [0.1, 0.15) is 11.6 Å². The van der Waals surface area contributed by atoms with Crippen LogP contribution in [0.5, 0.6) is 0 Å². The number of benzene rings is 2. The Bertz CT molecular complexity index is 1240. The Kier molecular flexibility index (Phi) is 5.73. The number of nitrogens with one attached hydrogen (secondary N) is 1. The molecule has 0 aliphatic carbocycles. The van der Waals surface area contributed by atoms with E-state index in [9.17, 15) is 18.8 Å². The lowest BCUT2D eigenvalue weighted by Crippen LogP contribution is -2.36. The van der Waals surface area contributed by atoms with Gasteiger partial charge in [-0.25, -0.2) is 9.37 Å². The van der Waals surface area contributed by atoms with Gasteiger partial charge in [-0.1, -0.05) is 17.7 Å². The molecule has 0 bridgehead atoms. The van der Waals surface area contributed by atoms with E-state index < -0.39 is 11.7 Å². The molecule has 1 atom stereocenters. The van der Waals surface area contributed by atoms with E-state index in [1.54, 1.807) is 36.1 Å². The van der Waals surface area contributed by atoms with Crippen LogP contribution in [-0.2, 0) is 16.1 Å². The van der Waals surface area contributed by atoms with Crippen LogP contribution >= 0.6 is 11.6 Å². The molecule has 1 N–H and O–H groups in total. The molecule has 1 aliphatic rings. The van der Waals surface area contributed by atoms with Crippen molar-refractivity contribution >= 4 is 40.0 Å². The van der Waals surface area contributed by atoms with E-state index >= 15 is 0 Å². The number of rotatable bonds is 5. The summed E-state index contributed by atoms with van der Waals surface area (Å²) >= 11 is 6.00. The van der Waals surface area contributed by atoms with Crippen LogP contribution in [0.1, 0.15) is 12.2 Å². The van der Waals surface area contributed by atoms with Gasteiger partial charge in [0.15, 0.2) is 0 Å². The summed E-state index contributed by atoms with van der Waals surface area (Å²) in [6.45, 7) is 2.32. The summed E-state index contributed by atoms with van der Waals surface area (Å²) in [5.74, 6) is -0.932. The number of carbonyl (C=O) groups excluding carboxylic acids is 2. The van der Waals surface area contributed by atoms with Gasteiger partial charge in [0, 0.05) is 36.8 Å². The number of amides is 2. The third-order valence-electron chi connectivity index (χ3n) is 5.36. The summed E-state index contributed by atoms with van der Waals surface area (Å²) in [6, 6.07) is 10.8. The second-order valence-electron chi connectivity index (χ2n) is 7.45. The van der Waals surface area contributed by atoms with Crippen molar-refractivity contribution < 1.29 is 14.0 Å². The molecule has 0 unspecified atom stereocenters. The van der Waals surface area contributed by atoms with Gasteiger partial charge >= 0.3 is 0 Å². The van der Waals surface area contributed by atoms with Gasteiger partial charge < -0.3 is 10.2 Å². The molecule has 3 aromatic rings. The summed E-state index contributed by atoms with van der Waals surface area (Å²) in [7, 11) is 0. The van der Waals surface area contributed by atoms with E-state index in [1.165, 1.54) is 16.7 Å². The van der Waals surface area contributed by atoms with Gasteiger partial charge in [0.05, 0.1) is 16.8 Å². The molecule has 1 fully saturated rings. The zero-order chi connectivity index (χ0) is 22.1. The number of aryl methyl sites for hydroxylation is 1. The Morgan fingerprint density at radius 3 is 2.84 bits per heavy atom. The van der Waals surface area contributed by atoms with Crippen molar-refractivity contribution in [1.29, 1.82) is 0 Å². The maximum atomic E-state index is 13.5. The van der Waals surface area contributed by atoms with Crippen LogP contribution in [0.15, 0.2) is 47.3 Å². The first-order chi connectivity index (χ1) is 14.8. The van der Waals surface area contributed by atoms with Crippen molar-refractivity contribution in [2.75, 3.05) is 18.0 Å². The second-order valence-corrected chi connectivity index (χ2v) is 7.89. The van der Waals surface area contributed by atoms with Gasteiger partial charge in [0.2, 0.25) is 11.8 Å². The molecule has 1 aliphatic heterocycles. The molecule has 7 nitrogen and oxygen atoms in total. The molecule has 160 valence electrons. The molecule has 2 aromatic carbocycles. The van der Waals surface area contributed by atoms with E-state index in [1.807, 2.05) is 0 Å². The van der Waals surface area contributed by atoms with E-state index in [-0.39, 0.29) is 48.8 Å². The molecule has 2 amide bonds. The van der Waals surface area contributed by atoms with E-state index in [2.05, 4.69) is 10.3 Å². The van der Waals surface area contributed by atoms with Crippen molar-refractivity contribution in [1.82, 2.24) is 14.9 Å². The molecule has 0 radical (unpaired) electrons. The van der Waals surface area contributed by atoms with Crippen molar-refractivity contribution in [3.05, 3.63) is 69.5 Å². The largest absolute Gasteiger partial charge is 0.354 e. The van der Waals surface area contributed by atoms with Crippen molar-refractivity contribution in [2.45, 2.75) is 19.9 Å². The SMILES string of the molecule is Cc1nc2ccc(F)cc2c(=O)n1CCNC(=O)[C@H]1CC(=O)N(c2cccc(Cl)c2)C1. The van der Waals surface area contributed by atoms with Gasteiger partial charge in [-0.15, -0.1) is 0 Å². The Hall–Kier alpha value is -3.26. The van der Waals surface area contributed by atoms with E-state index in [4.69, 9.17) is 11.6 Å². The molecular formula is C22H20ClFN4O3. The first-order valence-electron chi connectivity index (χ1n) is 9.84. The highest BCUT2D eigenvalue weighted by atomic mass is 35.5. The number of carbonyl (C=O) groups is 2. The average molecular weight is 443 g/mol. The molecule has 4 rings (SSSR count). The summed E-state index contributed by atoms with van der Waals surface area (Å²) in [5, 5.41) is 3.49. The molecule has 0 saturated carbocycles. The number of fused-ring (bicyclic) bond motifs is 1. The lowest BCUT2D eigenvalue weighted by Gasteiger charge is -2.17. The number of halogens is 2. The Balaban J connectivity index is 1.41. The fourth-order valence-corrected chi connectivity index (χ4v) is 3.96. The van der Waals surface area contributed by atoms with Gasteiger partial charge in [0.25, 0.3) is 5.56 Å². The third-order valence-corrected chi connectivity index (χ3v) is 5.59. The molecule has 2 heterocycles. The maximum absolute atomic E-state index is 13.5. The molecule has 1 aromatic heterocycles. The van der Waals surface area contributed by atoms with Crippen molar-refractivity contribution in [3.8, 4) is 0 Å². The van der Waals surface area contributed by atoms with Gasteiger partial charge in [-0.2, -0.15) is 0 Å². The molecular weight excluding hydrogens is 423 g/mol. The second kappa shape index (κ2) is 8.47. The summed E-state index contributed by atoms with van der Waals surface area (Å²) in [5.41, 5.74) is 0.721. The predicted octanol–water partition coefficient (Wildman–Crippen LogP) is 2.67. The smallest absolute Gasteiger partial charge is 0.261 e. The van der Waals surface area contributed by atoms with Crippen LogP contribution in [0.25, 0.3) is 10.9 Å². The summed E-state index contributed by atoms with van der Waals surface area (Å²) < 4.78 is 14.9. The zero-order valence-corrected chi connectivity index (χ0v) is 17.5. The lowest BCUT2D eigenvalue weighted by atomic mass is 10.1. The Labute approximate surface area is 182 Å². The molecule has 0 spiro atoms. The van der Waals surface area contributed by atoms with E-state index in [0.717, 1.165) is 6.07 Å². The van der Waals surface area contributed by atoms with Crippen LogP contribution in [0.3, 0.4) is 0 Å². The Morgan fingerprint density at radius 2 is 2.06 bits per heavy atom. The first-order valence-corrected chi connectivity index (χ1v) is 10.2.